The van der Waals surface area contributed by atoms with Crippen molar-refractivity contribution in [1.29, 1.82) is 0 Å². The number of carbonyl (C=O) groups excluding carboxylic acids is 1. The predicted octanol–water partition coefficient (Wildman–Crippen LogP) is 2.70. The van der Waals surface area contributed by atoms with Gasteiger partial charge in [0.2, 0.25) is 5.91 Å². The Labute approximate surface area is 141 Å². The first-order chi connectivity index (χ1) is 11.7. The van der Waals surface area contributed by atoms with Crippen LogP contribution in [0.2, 0.25) is 0 Å². The third-order valence-electron chi connectivity index (χ3n) is 3.41. The van der Waals surface area contributed by atoms with E-state index in [9.17, 15) is 4.79 Å². The Kier molecular flexibility index (Phi) is 3.58. The number of benzene rings is 1. The van der Waals surface area contributed by atoms with Crippen molar-refractivity contribution in [3.8, 4) is 0 Å². The van der Waals surface area contributed by atoms with Crippen LogP contribution in [0.5, 0.6) is 0 Å². The van der Waals surface area contributed by atoms with Gasteiger partial charge >= 0.3 is 0 Å². The van der Waals surface area contributed by atoms with Crippen molar-refractivity contribution in [1.82, 2.24) is 19.6 Å². The average molecular weight is 338 g/mol. The molecule has 0 spiro atoms. The second-order valence-electron chi connectivity index (χ2n) is 5.32. The Morgan fingerprint density at radius 3 is 3.08 bits per heavy atom. The number of rotatable bonds is 4. The lowest BCUT2D eigenvalue weighted by molar-refractivity contribution is -0.114. The summed E-state index contributed by atoms with van der Waals surface area (Å²) in [6, 6.07) is 9.74. The van der Waals surface area contributed by atoms with E-state index in [0.29, 0.717) is 5.69 Å². The van der Waals surface area contributed by atoms with Gasteiger partial charge in [-0.25, -0.2) is 14.5 Å². The zero-order valence-electron chi connectivity index (χ0n) is 12.9. The van der Waals surface area contributed by atoms with E-state index in [1.165, 1.54) is 11.3 Å². The fraction of sp³-hybridized carbons (Fsp3) is 0.125. The Morgan fingerprint density at radius 1 is 1.33 bits per heavy atom. The normalized spacial score (nSPS) is 11.0. The molecule has 4 rings (SSSR count). The van der Waals surface area contributed by atoms with Gasteiger partial charge in [-0.3, -0.25) is 4.79 Å². The fourth-order valence-corrected chi connectivity index (χ4v) is 3.23. The zero-order valence-corrected chi connectivity index (χ0v) is 13.7. The summed E-state index contributed by atoms with van der Waals surface area (Å²) in [5.74, 6) is -0.167. The summed E-state index contributed by atoms with van der Waals surface area (Å²) in [5.41, 5.74) is 3.15. The molecule has 0 aliphatic carbocycles. The van der Waals surface area contributed by atoms with Crippen molar-refractivity contribution >= 4 is 43.9 Å². The standard InChI is InChI=1S/C16H14N6OS/c1-10-6-14-17-7-11(9-22(14)21-10)19-15(23)8-18-16-20-12-4-2-3-5-13(12)24-16/h2-7,9H,8H2,1H3,(H,18,20)(H,19,23). The molecule has 0 aliphatic rings. The number of anilines is 2. The lowest BCUT2D eigenvalue weighted by atomic mass is 10.3. The number of aromatic nitrogens is 4. The summed E-state index contributed by atoms with van der Waals surface area (Å²) >= 11 is 1.52. The number of para-hydroxylation sites is 1. The largest absolute Gasteiger partial charge is 0.352 e. The number of aryl methyl sites for hydroxylation is 1. The summed E-state index contributed by atoms with van der Waals surface area (Å²) in [4.78, 5) is 20.8. The van der Waals surface area contributed by atoms with E-state index < -0.39 is 0 Å². The van der Waals surface area contributed by atoms with Gasteiger partial charge in [-0.2, -0.15) is 5.10 Å². The highest BCUT2D eigenvalue weighted by molar-refractivity contribution is 7.22. The monoisotopic (exact) mass is 338 g/mol. The minimum atomic E-state index is -0.167. The highest BCUT2D eigenvalue weighted by atomic mass is 32.1. The minimum Gasteiger partial charge on any atom is -0.352 e. The number of amides is 1. The Balaban J connectivity index is 1.41. The summed E-state index contributed by atoms with van der Waals surface area (Å²) in [7, 11) is 0. The highest BCUT2D eigenvalue weighted by Gasteiger charge is 2.07. The number of carbonyl (C=O) groups is 1. The summed E-state index contributed by atoms with van der Waals surface area (Å²) < 4.78 is 2.73. The topological polar surface area (TPSA) is 84.2 Å². The summed E-state index contributed by atoms with van der Waals surface area (Å²) in [6.07, 6.45) is 3.36. The third-order valence-corrected chi connectivity index (χ3v) is 4.41. The second-order valence-corrected chi connectivity index (χ2v) is 6.35. The van der Waals surface area contributed by atoms with Gasteiger partial charge in [0.25, 0.3) is 0 Å². The van der Waals surface area contributed by atoms with Crippen molar-refractivity contribution in [2.75, 3.05) is 17.2 Å². The van der Waals surface area contributed by atoms with Crippen LogP contribution >= 0.6 is 11.3 Å². The van der Waals surface area contributed by atoms with Gasteiger partial charge in [0.05, 0.1) is 40.5 Å². The molecular formula is C16H14N6OS. The molecule has 7 nitrogen and oxygen atoms in total. The fourth-order valence-electron chi connectivity index (χ4n) is 2.37. The van der Waals surface area contributed by atoms with E-state index in [0.717, 1.165) is 26.7 Å². The summed E-state index contributed by atoms with van der Waals surface area (Å²) in [6.45, 7) is 2.03. The first-order valence-electron chi connectivity index (χ1n) is 7.39. The van der Waals surface area contributed by atoms with E-state index in [2.05, 4.69) is 25.7 Å². The number of nitrogens with one attached hydrogen (secondary N) is 2. The quantitative estimate of drug-likeness (QED) is 0.598. The molecule has 0 saturated carbocycles. The molecule has 0 radical (unpaired) electrons. The first kappa shape index (κ1) is 14.6. The van der Waals surface area contributed by atoms with E-state index >= 15 is 0 Å². The van der Waals surface area contributed by atoms with Gasteiger partial charge in [-0.1, -0.05) is 23.5 Å². The van der Waals surface area contributed by atoms with Gasteiger partial charge in [-0.05, 0) is 19.1 Å². The van der Waals surface area contributed by atoms with Crippen LogP contribution in [0.1, 0.15) is 5.69 Å². The van der Waals surface area contributed by atoms with Gasteiger partial charge in [0.15, 0.2) is 10.8 Å². The zero-order chi connectivity index (χ0) is 16.5. The Hall–Kier alpha value is -3.00. The van der Waals surface area contributed by atoms with Crippen molar-refractivity contribution < 1.29 is 4.79 Å². The molecule has 0 unspecified atom stereocenters. The van der Waals surface area contributed by atoms with Gasteiger partial charge in [-0.15, -0.1) is 0 Å². The molecule has 0 fully saturated rings. The summed E-state index contributed by atoms with van der Waals surface area (Å²) in [5, 5.41) is 10.8. The molecule has 1 aromatic carbocycles. The van der Waals surface area contributed by atoms with E-state index in [-0.39, 0.29) is 12.5 Å². The van der Waals surface area contributed by atoms with Crippen LogP contribution in [0.15, 0.2) is 42.7 Å². The number of fused-ring (bicyclic) bond motifs is 2. The van der Waals surface area contributed by atoms with Crippen LogP contribution in [0.25, 0.3) is 15.9 Å². The highest BCUT2D eigenvalue weighted by Crippen LogP contribution is 2.25. The van der Waals surface area contributed by atoms with Crippen LogP contribution in [-0.2, 0) is 4.79 Å². The molecule has 4 aromatic rings. The molecule has 0 saturated heterocycles. The maximum absolute atomic E-state index is 12.1. The molecule has 1 amide bonds. The predicted molar refractivity (Wildman–Crippen MR) is 94.5 cm³/mol. The maximum Gasteiger partial charge on any atom is 0.243 e. The minimum absolute atomic E-state index is 0.135. The van der Waals surface area contributed by atoms with Crippen LogP contribution in [0.4, 0.5) is 10.8 Å². The van der Waals surface area contributed by atoms with E-state index in [1.807, 2.05) is 37.3 Å². The first-order valence-corrected chi connectivity index (χ1v) is 8.20. The molecular weight excluding hydrogens is 324 g/mol. The SMILES string of the molecule is Cc1cc2ncc(NC(=O)CNc3nc4ccccc4s3)cn2n1. The van der Waals surface area contributed by atoms with Gasteiger partial charge in [0.1, 0.15) is 0 Å². The van der Waals surface area contributed by atoms with Crippen LogP contribution in [0, 0.1) is 6.92 Å². The lowest BCUT2D eigenvalue weighted by Gasteiger charge is -2.05. The van der Waals surface area contributed by atoms with Crippen molar-refractivity contribution in [2.24, 2.45) is 0 Å². The number of hydrogen-bond donors (Lipinski definition) is 2. The van der Waals surface area contributed by atoms with E-state index in [4.69, 9.17) is 0 Å². The number of nitrogens with zero attached hydrogens (tertiary/aromatic N) is 4. The Morgan fingerprint density at radius 2 is 2.21 bits per heavy atom. The lowest BCUT2D eigenvalue weighted by Crippen LogP contribution is -2.22. The second kappa shape index (κ2) is 5.89. The maximum atomic E-state index is 12.1. The molecule has 24 heavy (non-hydrogen) atoms. The molecule has 2 N–H and O–H groups in total. The van der Waals surface area contributed by atoms with Crippen LogP contribution in [-0.4, -0.2) is 32.0 Å². The molecule has 120 valence electrons. The molecule has 0 bridgehead atoms. The van der Waals surface area contributed by atoms with Crippen LogP contribution in [0.3, 0.4) is 0 Å². The van der Waals surface area contributed by atoms with Gasteiger partial charge in [0, 0.05) is 6.07 Å². The average Bonchev–Trinajstić information content (AvgIpc) is 3.14. The molecule has 3 heterocycles. The molecule has 8 heteroatoms. The molecule has 0 atom stereocenters. The van der Waals surface area contributed by atoms with E-state index in [1.54, 1.807) is 16.9 Å². The van der Waals surface area contributed by atoms with Crippen molar-refractivity contribution in [3.63, 3.8) is 0 Å². The molecule has 3 aromatic heterocycles. The third kappa shape index (κ3) is 2.91. The number of thiazole rings is 1. The smallest absolute Gasteiger partial charge is 0.243 e. The molecule has 0 aliphatic heterocycles. The Bertz CT molecular complexity index is 1000. The van der Waals surface area contributed by atoms with Crippen molar-refractivity contribution in [2.45, 2.75) is 6.92 Å². The number of hydrogen-bond acceptors (Lipinski definition) is 6. The van der Waals surface area contributed by atoms with Crippen LogP contribution < -0.4 is 10.6 Å². The van der Waals surface area contributed by atoms with Crippen molar-refractivity contribution in [3.05, 3.63) is 48.4 Å². The van der Waals surface area contributed by atoms with Gasteiger partial charge < -0.3 is 10.6 Å².